The maximum atomic E-state index is 13.3. The number of alkyl halides is 3. The molecule has 0 unspecified atom stereocenters. The summed E-state index contributed by atoms with van der Waals surface area (Å²) in [5, 5.41) is 2.88. The van der Waals surface area contributed by atoms with E-state index in [0.29, 0.717) is 30.0 Å². The van der Waals surface area contributed by atoms with Gasteiger partial charge in [-0.1, -0.05) is 11.3 Å². The van der Waals surface area contributed by atoms with E-state index in [9.17, 15) is 22.8 Å². The minimum Gasteiger partial charge on any atom is -0.368 e. The van der Waals surface area contributed by atoms with Crippen molar-refractivity contribution in [2.45, 2.75) is 51.2 Å². The predicted octanol–water partition coefficient (Wildman–Crippen LogP) is 3.23. The Hall–Kier alpha value is -2.76. The fourth-order valence-electron chi connectivity index (χ4n) is 3.07. The van der Waals surface area contributed by atoms with Gasteiger partial charge in [0.05, 0.1) is 16.3 Å². The van der Waals surface area contributed by atoms with Crippen LogP contribution in [0.5, 0.6) is 0 Å². The van der Waals surface area contributed by atoms with Crippen LogP contribution in [0.2, 0.25) is 0 Å². The zero-order chi connectivity index (χ0) is 22.3. The molecule has 3 rings (SSSR count). The van der Waals surface area contributed by atoms with Crippen molar-refractivity contribution in [3.8, 4) is 10.6 Å². The average molecular weight is 442 g/mol. The number of aryl methyl sites for hydroxylation is 1. The maximum Gasteiger partial charge on any atom is 0.400 e. The van der Waals surface area contributed by atoms with Gasteiger partial charge in [0, 0.05) is 12.7 Å². The monoisotopic (exact) mass is 442 g/mol. The molecule has 2 aromatic rings. The molecule has 3 heterocycles. The standard InChI is InChI=1S/C18H21F3N6O2S/c1-9-12(10-6-7-23-14(25-10)17(2,3)18(19,20)21)30-15(24-9)26-16(29)27-8-4-5-11(27)13(22)28/h6-7,11H,4-5,8H2,1-3H3,(H2,22,28)(H,24,26,29)/t11-/m0/s1. The van der Waals surface area contributed by atoms with Crippen LogP contribution < -0.4 is 11.1 Å². The van der Waals surface area contributed by atoms with E-state index in [1.54, 1.807) is 6.92 Å². The summed E-state index contributed by atoms with van der Waals surface area (Å²) in [5.41, 5.74) is 3.89. The Morgan fingerprint density at radius 1 is 1.30 bits per heavy atom. The van der Waals surface area contributed by atoms with Gasteiger partial charge in [-0.25, -0.2) is 19.7 Å². The minimum absolute atomic E-state index is 0.248. The highest BCUT2D eigenvalue weighted by atomic mass is 32.1. The molecule has 12 heteroatoms. The molecule has 30 heavy (non-hydrogen) atoms. The SMILES string of the molecule is Cc1nc(NC(=O)N2CCC[C@H]2C(N)=O)sc1-c1ccnc(C(C)(C)C(F)(F)F)n1. The molecule has 8 nitrogen and oxygen atoms in total. The molecule has 3 amide bonds. The molecule has 0 radical (unpaired) electrons. The fraction of sp³-hybridized carbons (Fsp3) is 0.500. The molecule has 1 fully saturated rings. The van der Waals surface area contributed by atoms with E-state index in [-0.39, 0.29) is 16.6 Å². The maximum absolute atomic E-state index is 13.3. The van der Waals surface area contributed by atoms with Crippen molar-refractivity contribution in [1.82, 2.24) is 19.9 Å². The number of primary amides is 1. The van der Waals surface area contributed by atoms with Crippen molar-refractivity contribution < 1.29 is 22.8 Å². The van der Waals surface area contributed by atoms with Gasteiger partial charge >= 0.3 is 12.2 Å². The third kappa shape index (κ3) is 4.09. The highest BCUT2D eigenvalue weighted by molar-refractivity contribution is 7.19. The number of rotatable bonds is 4. The second-order valence-corrected chi connectivity index (χ2v) is 8.50. The molecule has 1 saturated heterocycles. The van der Waals surface area contributed by atoms with Gasteiger partial charge in [0.15, 0.2) is 5.13 Å². The number of amides is 3. The summed E-state index contributed by atoms with van der Waals surface area (Å²) in [5.74, 6) is -0.924. The normalized spacial score (nSPS) is 17.3. The Morgan fingerprint density at radius 2 is 2.00 bits per heavy atom. The van der Waals surface area contributed by atoms with Gasteiger partial charge in [-0.15, -0.1) is 0 Å². The van der Waals surface area contributed by atoms with E-state index < -0.39 is 29.6 Å². The van der Waals surface area contributed by atoms with Gasteiger partial charge in [-0.2, -0.15) is 13.2 Å². The number of carbonyl (C=O) groups is 2. The number of nitrogens with zero attached hydrogens (tertiary/aromatic N) is 4. The zero-order valence-corrected chi connectivity index (χ0v) is 17.4. The Morgan fingerprint density at radius 3 is 2.63 bits per heavy atom. The van der Waals surface area contributed by atoms with Gasteiger partial charge in [-0.3, -0.25) is 10.1 Å². The number of nitrogens with two attached hydrogens (primary N) is 1. The number of hydrogen-bond donors (Lipinski definition) is 2. The highest BCUT2D eigenvalue weighted by Gasteiger charge is 2.50. The summed E-state index contributed by atoms with van der Waals surface area (Å²) in [6.45, 7) is 4.10. The summed E-state index contributed by atoms with van der Waals surface area (Å²) in [6.07, 6.45) is -2.07. The van der Waals surface area contributed by atoms with Crippen LogP contribution in [0.25, 0.3) is 10.6 Å². The van der Waals surface area contributed by atoms with Crippen molar-refractivity contribution in [1.29, 1.82) is 0 Å². The number of hydrogen-bond acceptors (Lipinski definition) is 6. The van der Waals surface area contributed by atoms with Crippen molar-refractivity contribution in [3.05, 3.63) is 23.8 Å². The van der Waals surface area contributed by atoms with E-state index in [0.717, 1.165) is 25.2 Å². The van der Waals surface area contributed by atoms with Gasteiger partial charge in [0.25, 0.3) is 0 Å². The third-order valence-corrected chi connectivity index (χ3v) is 6.10. The molecule has 0 aliphatic carbocycles. The van der Waals surface area contributed by atoms with Gasteiger partial charge < -0.3 is 10.6 Å². The van der Waals surface area contributed by atoms with E-state index >= 15 is 0 Å². The van der Waals surface area contributed by atoms with Crippen LogP contribution in [0.1, 0.15) is 38.2 Å². The second kappa shape index (κ2) is 7.82. The lowest BCUT2D eigenvalue weighted by molar-refractivity contribution is -0.182. The molecule has 3 N–H and O–H groups in total. The molecule has 0 saturated carbocycles. The van der Waals surface area contributed by atoms with Gasteiger partial charge in [0.2, 0.25) is 5.91 Å². The lowest BCUT2D eigenvalue weighted by Crippen LogP contribution is -2.45. The van der Waals surface area contributed by atoms with E-state index in [1.807, 2.05) is 0 Å². The molecule has 0 bridgehead atoms. The first kappa shape index (κ1) is 21.9. The fourth-order valence-corrected chi connectivity index (χ4v) is 4.00. The first-order chi connectivity index (χ1) is 13.9. The molecular formula is C18H21F3N6O2S. The van der Waals surface area contributed by atoms with Gasteiger partial charge in [-0.05, 0) is 39.7 Å². The second-order valence-electron chi connectivity index (χ2n) is 7.51. The van der Waals surface area contributed by atoms with Crippen LogP contribution in [0.15, 0.2) is 12.3 Å². The molecule has 162 valence electrons. The number of likely N-dealkylation sites (tertiary alicyclic amines) is 1. The van der Waals surface area contributed by atoms with E-state index in [1.165, 1.54) is 17.2 Å². The topological polar surface area (TPSA) is 114 Å². The smallest absolute Gasteiger partial charge is 0.368 e. The third-order valence-electron chi connectivity index (χ3n) is 5.01. The Balaban J connectivity index is 1.84. The number of aromatic nitrogens is 3. The van der Waals surface area contributed by atoms with Crippen molar-refractivity contribution >= 4 is 28.4 Å². The average Bonchev–Trinajstić information content (AvgIpc) is 3.28. The minimum atomic E-state index is -4.51. The van der Waals surface area contributed by atoms with Crippen LogP contribution >= 0.6 is 11.3 Å². The first-order valence-electron chi connectivity index (χ1n) is 9.17. The zero-order valence-electron chi connectivity index (χ0n) is 16.6. The van der Waals surface area contributed by atoms with Crippen molar-refractivity contribution in [3.63, 3.8) is 0 Å². The Labute approximate surface area is 174 Å². The number of nitrogens with one attached hydrogen (secondary N) is 1. The molecular weight excluding hydrogens is 421 g/mol. The molecule has 0 aromatic carbocycles. The Kier molecular flexibility index (Phi) is 5.72. The summed E-state index contributed by atoms with van der Waals surface area (Å²) in [4.78, 5) is 38.0. The summed E-state index contributed by atoms with van der Waals surface area (Å²) >= 11 is 1.08. The number of carbonyl (C=O) groups excluding carboxylic acids is 2. The van der Waals surface area contributed by atoms with E-state index in [4.69, 9.17) is 5.73 Å². The Bertz CT molecular complexity index is 975. The summed E-state index contributed by atoms with van der Waals surface area (Å²) in [6, 6.07) is 0.323. The van der Waals surface area contributed by atoms with Crippen LogP contribution in [-0.4, -0.2) is 50.6 Å². The molecule has 1 aliphatic rings. The molecule has 1 atom stereocenters. The number of thiazole rings is 1. The van der Waals surface area contributed by atoms with Crippen molar-refractivity contribution in [2.24, 2.45) is 5.73 Å². The van der Waals surface area contributed by atoms with Crippen LogP contribution in [-0.2, 0) is 10.2 Å². The van der Waals surface area contributed by atoms with E-state index in [2.05, 4.69) is 20.3 Å². The molecule has 2 aromatic heterocycles. The first-order valence-corrected chi connectivity index (χ1v) is 9.98. The van der Waals surface area contributed by atoms with Crippen LogP contribution in [0, 0.1) is 6.92 Å². The molecule has 1 aliphatic heterocycles. The summed E-state index contributed by atoms with van der Waals surface area (Å²) < 4.78 is 40.0. The number of urea groups is 1. The number of halogens is 3. The highest BCUT2D eigenvalue weighted by Crippen LogP contribution is 2.40. The molecule has 0 spiro atoms. The quantitative estimate of drug-likeness (QED) is 0.755. The lowest BCUT2D eigenvalue weighted by atomic mass is 9.91. The lowest BCUT2D eigenvalue weighted by Gasteiger charge is -2.26. The predicted molar refractivity (Wildman–Crippen MR) is 105 cm³/mol. The van der Waals surface area contributed by atoms with Crippen LogP contribution in [0.3, 0.4) is 0 Å². The van der Waals surface area contributed by atoms with Gasteiger partial charge in [0.1, 0.15) is 17.3 Å². The van der Waals surface area contributed by atoms with Crippen molar-refractivity contribution in [2.75, 3.05) is 11.9 Å². The summed E-state index contributed by atoms with van der Waals surface area (Å²) in [7, 11) is 0. The number of anilines is 1. The van der Waals surface area contributed by atoms with Crippen LogP contribution in [0.4, 0.5) is 23.1 Å². The largest absolute Gasteiger partial charge is 0.400 e.